The van der Waals surface area contributed by atoms with Crippen molar-refractivity contribution in [3.8, 4) is 0 Å². The Kier molecular flexibility index (Phi) is 5.61. The number of hydrogen-bond donors (Lipinski definition) is 1. The fourth-order valence-electron chi connectivity index (χ4n) is 2.25. The quantitative estimate of drug-likeness (QED) is 0.772. The molecule has 0 amide bonds. The molecule has 0 saturated carbocycles. The van der Waals surface area contributed by atoms with Crippen LogP contribution in [0.3, 0.4) is 0 Å². The minimum Gasteiger partial charge on any atom is -0.310 e. The third-order valence-corrected chi connectivity index (χ3v) is 4.93. The van der Waals surface area contributed by atoms with Crippen molar-refractivity contribution in [1.82, 2.24) is 5.32 Å². The lowest BCUT2D eigenvalue weighted by Crippen LogP contribution is -2.24. The highest BCUT2D eigenvalue weighted by atomic mass is 79.9. The number of rotatable bonds is 6. The maximum Gasteiger partial charge on any atom is 0.0372 e. The van der Waals surface area contributed by atoms with Crippen molar-refractivity contribution in [2.45, 2.75) is 32.7 Å². The highest BCUT2D eigenvalue weighted by Crippen LogP contribution is 2.28. The summed E-state index contributed by atoms with van der Waals surface area (Å²) in [5.74, 6) is 0. The van der Waals surface area contributed by atoms with Crippen LogP contribution < -0.4 is 5.32 Å². The first-order valence-electron chi connectivity index (χ1n) is 6.73. The molecule has 0 aliphatic heterocycles. The first-order chi connectivity index (χ1) is 9.22. The molecule has 1 unspecified atom stereocenters. The summed E-state index contributed by atoms with van der Waals surface area (Å²) in [5.41, 5.74) is 2.80. The van der Waals surface area contributed by atoms with E-state index in [1.165, 1.54) is 20.5 Å². The molecule has 1 nitrogen and oxygen atoms in total. The average molecular weight is 338 g/mol. The summed E-state index contributed by atoms with van der Waals surface area (Å²) < 4.78 is 1.20. The molecule has 1 N–H and O–H groups in total. The van der Waals surface area contributed by atoms with Crippen molar-refractivity contribution in [3.05, 3.63) is 56.2 Å². The molecule has 0 saturated heterocycles. The van der Waals surface area contributed by atoms with E-state index in [1.54, 1.807) is 0 Å². The lowest BCUT2D eigenvalue weighted by Gasteiger charge is -2.19. The number of aryl methyl sites for hydroxylation is 1. The molecule has 2 rings (SSSR count). The van der Waals surface area contributed by atoms with Gasteiger partial charge in [0.25, 0.3) is 0 Å². The van der Waals surface area contributed by atoms with Crippen molar-refractivity contribution < 1.29 is 0 Å². The molecule has 0 aliphatic carbocycles. The Morgan fingerprint density at radius 2 is 2.05 bits per heavy atom. The molecule has 1 atom stereocenters. The topological polar surface area (TPSA) is 12.0 Å². The van der Waals surface area contributed by atoms with Gasteiger partial charge >= 0.3 is 0 Å². The smallest absolute Gasteiger partial charge is 0.0372 e. The third-order valence-electron chi connectivity index (χ3n) is 3.30. The van der Waals surface area contributed by atoms with Crippen molar-refractivity contribution >= 4 is 27.3 Å². The van der Waals surface area contributed by atoms with E-state index in [-0.39, 0.29) is 0 Å². The maximum atomic E-state index is 3.67. The molecule has 0 bridgehead atoms. The number of hydrogen-bond acceptors (Lipinski definition) is 2. The number of benzene rings is 1. The Labute approximate surface area is 128 Å². The SMILES string of the molecule is CCCNC(Cc1ccccc1Br)c1ccsc1C. The Morgan fingerprint density at radius 1 is 1.26 bits per heavy atom. The second kappa shape index (κ2) is 7.22. The summed E-state index contributed by atoms with van der Waals surface area (Å²) in [6.45, 7) is 5.48. The van der Waals surface area contributed by atoms with Gasteiger partial charge in [-0.1, -0.05) is 41.1 Å². The molecule has 2 aromatic rings. The number of nitrogens with one attached hydrogen (secondary N) is 1. The highest BCUT2D eigenvalue weighted by Gasteiger charge is 2.15. The summed E-state index contributed by atoms with van der Waals surface area (Å²) in [6.07, 6.45) is 2.19. The normalized spacial score (nSPS) is 12.6. The van der Waals surface area contributed by atoms with Crippen LogP contribution in [0.1, 0.15) is 35.4 Å². The Balaban J connectivity index is 2.19. The van der Waals surface area contributed by atoms with Crippen LogP contribution in [0, 0.1) is 6.92 Å². The van der Waals surface area contributed by atoms with Gasteiger partial charge in [-0.2, -0.15) is 0 Å². The summed E-state index contributed by atoms with van der Waals surface area (Å²) in [6, 6.07) is 11.2. The molecular formula is C16H20BrNS. The van der Waals surface area contributed by atoms with Gasteiger partial charge in [0, 0.05) is 15.4 Å². The van der Waals surface area contributed by atoms with Gasteiger partial charge in [-0.25, -0.2) is 0 Å². The van der Waals surface area contributed by atoms with Crippen LogP contribution in [0.2, 0.25) is 0 Å². The average Bonchev–Trinajstić information content (AvgIpc) is 2.83. The molecule has 0 fully saturated rings. The predicted octanol–water partition coefficient (Wildman–Crippen LogP) is 5.10. The third kappa shape index (κ3) is 3.91. The fraction of sp³-hybridized carbons (Fsp3) is 0.375. The van der Waals surface area contributed by atoms with Gasteiger partial charge in [-0.05, 0) is 54.9 Å². The van der Waals surface area contributed by atoms with E-state index in [1.807, 2.05) is 11.3 Å². The molecule has 1 heterocycles. The summed E-state index contributed by atoms with van der Waals surface area (Å²) in [7, 11) is 0. The predicted molar refractivity (Wildman–Crippen MR) is 87.9 cm³/mol. The molecule has 0 aliphatic rings. The van der Waals surface area contributed by atoms with Crippen molar-refractivity contribution in [1.29, 1.82) is 0 Å². The Hall–Kier alpha value is -0.640. The summed E-state index contributed by atoms with van der Waals surface area (Å²) in [4.78, 5) is 1.42. The largest absolute Gasteiger partial charge is 0.310 e. The van der Waals surface area contributed by atoms with E-state index in [9.17, 15) is 0 Å². The lowest BCUT2D eigenvalue weighted by atomic mass is 9.99. The van der Waals surface area contributed by atoms with Crippen LogP contribution in [0.15, 0.2) is 40.2 Å². The zero-order valence-corrected chi connectivity index (χ0v) is 13.9. The number of thiophene rings is 1. The van der Waals surface area contributed by atoms with E-state index in [0.717, 1.165) is 19.4 Å². The van der Waals surface area contributed by atoms with Crippen molar-refractivity contribution in [2.24, 2.45) is 0 Å². The van der Waals surface area contributed by atoms with E-state index in [2.05, 4.69) is 70.8 Å². The van der Waals surface area contributed by atoms with E-state index in [0.29, 0.717) is 6.04 Å². The lowest BCUT2D eigenvalue weighted by molar-refractivity contribution is 0.528. The van der Waals surface area contributed by atoms with Gasteiger partial charge in [0.05, 0.1) is 0 Å². The van der Waals surface area contributed by atoms with E-state index < -0.39 is 0 Å². The van der Waals surface area contributed by atoms with Gasteiger partial charge in [0.2, 0.25) is 0 Å². The van der Waals surface area contributed by atoms with Gasteiger partial charge in [0.1, 0.15) is 0 Å². The second-order valence-corrected chi connectivity index (χ2v) is 6.71. The first kappa shape index (κ1) is 14.8. The monoisotopic (exact) mass is 337 g/mol. The maximum absolute atomic E-state index is 3.67. The molecule has 19 heavy (non-hydrogen) atoms. The summed E-state index contributed by atoms with van der Waals surface area (Å²) in [5, 5.41) is 5.86. The van der Waals surface area contributed by atoms with Crippen LogP contribution in [0.5, 0.6) is 0 Å². The van der Waals surface area contributed by atoms with Crippen LogP contribution in [0.25, 0.3) is 0 Å². The van der Waals surface area contributed by atoms with Gasteiger partial charge in [0.15, 0.2) is 0 Å². The molecule has 3 heteroatoms. The van der Waals surface area contributed by atoms with E-state index in [4.69, 9.17) is 0 Å². The first-order valence-corrected chi connectivity index (χ1v) is 8.40. The zero-order valence-electron chi connectivity index (χ0n) is 11.4. The fourth-order valence-corrected chi connectivity index (χ4v) is 3.46. The second-order valence-electron chi connectivity index (χ2n) is 4.73. The van der Waals surface area contributed by atoms with Crippen molar-refractivity contribution in [2.75, 3.05) is 6.54 Å². The summed E-state index contributed by atoms with van der Waals surface area (Å²) >= 11 is 5.48. The molecule has 0 spiro atoms. The van der Waals surface area contributed by atoms with Gasteiger partial charge in [-0.15, -0.1) is 11.3 Å². The van der Waals surface area contributed by atoms with Gasteiger partial charge < -0.3 is 5.32 Å². The molecular weight excluding hydrogens is 318 g/mol. The van der Waals surface area contributed by atoms with Crippen LogP contribution >= 0.6 is 27.3 Å². The van der Waals surface area contributed by atoms with Crippen LogP contribution in [-0.4, -0.2) is 6.54 Å². The van der Waals surface area contributed by atoms with Crippen LogP contribution in [0.4, 0.5) is 0 Å². The molecule has 1 aromatic heterocycles. The number of halogens is 1. The van der Waals surface area contributed by atoms with Gasteiger partial charge in [-0.3, -0.25) is 0 Å². The highest BCUT2D eigenvalue weighted by molar-refractivity contribution is 9.10. The Bertz CT molecular complexity index is 521. The minimum atomic E-state index is 0.407. The molecule has 102 valence electrons. The van der Waals surface area contributed by atoms with E-state index >= 15 is 0 Å². The Morgan fingerprint density at radius 3 is 2.68 bits per heavy atom. The standard InChI is InChI=1S/C16H20BrNS/c1-3-9-18-16(14-8-10-19-12(14)2)11-13-6-4-5-7-15(13)17/h4-8,10,16,18H,3,9,11H2,1-2H3. The molecule has 0 radical (unpaired) electrons. The van der Waals surface area contributed by atoms with Crippen molar-refractivity contribution in [3.63, 3.8) is 0 Å². The molecule has 1 aromatic carbocycles. The zero-order chi connectivity index (χ0) is 13.7. The van der Waals surface area contributed by atoms with Crippen LogP contribution in [-0.2, 0) is 6.42 Å². The minimum absolute atomic E-state index is 0.407.